The van der Waals surface area contributed by atoms with E-state index in [1.165, 1.54) is 11.1 Å². The van der Waals surface area contributed by atoms with Crippen molar-refractivity contribution in [2.24, 2.45) is 0 Å². The van der Waals surface area contributed by atoms with Crippen LogP contribution in [0.2, 0.25) is 5.02 Å². The molecule has 2 aromatic heterocycles. The van der Waals surface area contributed by atoms with Crippen LogP contribution < -0.4 is 10.9 Å². The molecule has 9 heteroatoms. The van der Waals surface area contributed by atoms with Crippen molar-refractivity contribution in [3.05, 3.63) is 93.1 Å². The van der Waals surface area contributed by atoms with Gasteiger partial charge in [0.15, 0.2) is 12.2 Å². The highest BCUT2D eigenvalue weighted by Crippen LogP contribution is 2.33. The molecule has 0 amide bonds. The van der Waals surface area contributed by atoms with Crippen molar-refractivity contribution in [2.75, 3.05) is 18.5 Å². The molecule has 2 N–H and O–H groups in total. The van der Waals surface area contributed by atoms with E-state index in [1.807, 2.05) is 42.5 Å². The normalized spacial score (nSPS) is 11.2. The maximum atomic E-state index is 13.5. The first-order valence-electron chi connectivity index (χ1n) is 10.9. The third-order valence-corrected chi connectivity index (χ3v) is 6.31. The Morgan fingerprint density at radius 2 is 1.86 bits per heavy atom. The Labute approximate surface area is 214 Å². The molecule has 0 spiro atoms. The van der Waals surface area contributed by atoms with Crippen molar-refractivity contribution < 1.29 is 9.52 Å². The largest absolute Gasteiger partial charge is 0.444 e. The number of fused-ring (bicyclic) bond motifs is 1. The number of benzene rings is 3. The SMILES string of the molecule is O=c1c2ccccc2c(-c2cc(Br)cc(-c3cnco3)c2)nn1-c1cc(NCCCO)ccc1Cl. The van der Waals surface area contributed by atoms with Crippen LogP contribution in [0.5, 0.6) is 0 Å². The van der Waals surface area contributed by atoms with E-state index in [0.717, 1.165) is 26.7 Å². The summed E-state index contributed by atoms with van der Waals surface area (Å²) in [5.74, 6) is 0.620. The molecule has 7 nitrogen and oxygen atoms in total. The summed E-state index contributed by atoms with van der Waals surface area (Å²) in [6.07, 6.45) is 3.63. The number of hydrogen-bond donors (Lipinski definition) is 2. The highest BCUT2D eigenvalue weighted by atomic mass is 79.9. The molecule has 0 saturated carbocycles. The first-order valence-corrected chi connectivity index (χ1v) is 12.1. The van der Waals surface area contributed by atoms with E-state index in [9.17, 15) is 4.79 Å². The average Bonchev–Trinajstić information content (AvgIpc) is 3.41. The third kappa shape index (κ3) is 4.73. The quantitative estimate of drug-likeness (QED) is 0.244. The van der Waals surface area contributed by atoms with Gasteiger partial charge in [0.1, 0.15) is 0 Å². The Balaban J connectivity index is 1.72. The molecule has 176 valence electrons. The van der Waals surface area contributed by atoms with Crippen molar-refractivity contribution in [1.29, 1.82) is 0 Å². The number of hydrogen-bond acceptors (Lipinski definition) is 6. The number of halogens is 2. The summed E-state index contributed by atoms with van der Waals surface area (Å²) in [6.45, 7) is 0.677. The van der Waals surface area contributed by atoms with Crippen molar-refractivity contribution in [1.82, 2.24) is 14.8 Å². The van der Waals surface area contributed by atoms with E-state index < -0.39 is 0 Å². The number of rotatable bonds is 7. The number of aliphatic hydroxyl groups is 1. The van der Waals surface area contributed by atoms with Crippen LogP contribution in [0.3, 0.4) is 0 Å². The first kappa shape index (κ1) is 23.3. The predicted molar refractivity (Wildman–Crippen MR) is 141 cm³/mol. The molecule has 0 aliphatic carbocycles. The van der Waals surface area contributed by atoms with E-state index in [4.69, 9.17) is 26.2 Å². The van der Waals surface area contributed by atoms with Gasteiger partial charge in [0.25, 0.3) is 5.56 Å². The standard InChI is InChI=1S/C26H20BrClN4O3/c27-18-11-16(24-14-29-15-35-24)10-17(12-18)25-20-4-1-2-5-21(20)26(34)32(31-25)23-13-19(6-7-22(23)28)30-8-3-9-33/h1-2,4-7,10-15,30,33H,3,8-9H2. The fraction of sp³-hybridized carbons (Fsp3) is 0.115. The molecule has 0 bridgehead atoms. The zero-order valence-electron chi connectivity index (χ0n) is 18.4. The lowest BCUT2D eigenvalue weighted by atomic mass is 10.0. The fourth-order valence-corrected chi connectivity index (χ4v) is 4.58. The molecule has 5 rings (SSSR count). The Morgan fingerprint density at radius 3 is 2.63 bits per heavy atom. The summed E-state index contributed by atoms with van der Waals surface area (Å²) in [7, 11) is 0. The van der Waals surface area contributed by atoms with Crippen LogP contribution in [0, 0.1) is 0 Å². The fourth-order valence-electron chi connectivity index (χ4n) is 3.89. The summed E-state index contributed by atoms with van der Waals surface area (Å²) in [5.41, 5.74) is 3.20. The molecule has 0 unspecified atom stereocenters. The van der Waals surface area contributed by atoms with Gasteiger partial charge in [-0.2, -0.15) is 9.78 Å². The van der Waals surface area contributed by atoms with Crippen molar-refractivity contribution in [3.63, 3.8) is 0 Å². The van der Waals surface area contributed by atoms with Crippen LogP contribution in [0.4, 0.5) is 5.69 Å². The molecular weight excluding hydrogens is 532 g/mol. The zero-order valence-corrected chi connectivity index (χ0v) is 20.8. The molecule has 0 saturated heterocycles. The van der Waals surface area contributed by atoms with E-state index in [-0.39, 0.29) is 12.2 Å². The van der Waals surface area contributed by atoms with Gasteiger partial charge in [-0.25, -0.2) is 4.98 Å². The number of nitrogens with one attached hydrogen (secondary N) is 1. The molecule has 0 atom stereocenters. The maximum absolute atomic E-state index is 13.5. The van der Waals surface area contributed by atoms with Gasteiger partial charge in [0.2, 0.25) is 0 Å². The summed E-state index contributed by atoms with van der Waals surface area (Å²) in [4.78, 5) is 17.5. The smallest absolute Gasteiger partial charge is 0.279 e. The van der Waals surface area contributed by atoms with Crippen LogP contribution in [-0.2, 0) is 0 Å². The lowest BCUT2D eigenvalue weighted by Crippen LogP contribution is -2.22. The minimum Gasteiger partial charge on any atom is -0.444 e. The zero-order chi connectivity index (χ0) is 24.4. The first-order chi connectivity index (χ1) is 17.0. The van der Waals surface area contributed by atoms with Crippen molar-refractivity contribution in [2.45, 2.75) is 6.42 Å². The van der Waals surface area contributed by atoms with Gasteiger partial charge < -0.3 is 14.8 Å². The number of aromatic nitrogens is 3. The summed E-state index contributed by atoms with van der Waals surface area (Å²) >= 11 is 10.1. The Kier molecular flexibility index (Phi) is 6.68. The monoisotopic (exact) mass is 550 g/mol. The third-order valence-electron chi connectivity index (χ3n) is 5.53. The lowest BCUT2D eigenvalue weighted by molar-refractivity contribution is 0.292. The van der Waals surface area contributed by atoms with Crippen molar-refractivity contribution >= 4 is 44.0 Å². The number of nitrogens with zero attached hydrogens (tertiary/aromatic N) is 3. The van der Waals surface area contributed by atoms with E-state index >= 15 is 0 Å². The topological polar surface area (TPSA) is 93.2 Å². The second kappa shape index (κ2) is 10.0. The van der Waals surface area contributed by atoms with Gasteiger partial charge in [0, 0.05) is 39.8 Å². The minimum atomic E-state index is -0.274. The second-order valence-corrected chi connectivity index (χ2v) is 9.20. The Hall–Kier alpha value is -3.46. The average molecular weight is 552 g/mol. The van der Waals surface area contributed by atoms with E-state index in [1.54, 1.807) is 24.4 Å². The summed E-state index contributed by atoms with van der Waals surface area (Å²) in [5, 5.41) is 18.7. The highest BCUT2D eigenvalue weighted by Gasteiger charge is 2.17. The highest BCUT2D eigenvalue weighted by molar-refractivity contribution is 9.10. The van der Waals surface area contributed by atoms with Crippen LogP contribution in [0.15, 0.2) is 86.9 Å². The van der Waals surface area contributed by atoms with Gasteiger partial charge in [-0.3, -0.25) is 4.79 Å². The van der Waals surface area contributed by atoms with E-state index in [2.05, 4.69) is 26.2 Å². The van der Waals surface area contributed by atoms with Gasteiger partial charge in [-0.05, 0) is 48.9 Å². The minimum absolute atomic E-state index is 0.0885. The number of oxazole rings is 1. The molecule has 5 aromatic rings. The summed E-state index contributed by atoms with van der Waals surface area (Å²) < 4.78 is 7.66. The second-order valence-electron chi connectivity index (χ2n) is 7.88. The van der Waals surface area contributed by atoms with Crippen LogP contribution in [0.1, 0.15) is 6.42 Å². The Bertz CT molecular complexity index is 1570. The predicted octanol–water partition coefficient (Wildman–Crippen LogP) is 5.92. The maximum Gasteiger partial charge on any atom is 0.279 e. The molecule has 0 fully saturated rings. The molecule has 35 heavy (non-hydrogen) atoms. The molecule has 0 radical (unpaired) electrons. The molecule has 2 heterocycles. The van der Waals surface area contributed by atoms with Gasteiger partial charge in [0.05, 0.1) is 28.0 Å². The summed E-state index contributed by atoms with van der Waals surface area (Å²) in [6, 6.07) is 18.5. The number of aliphatic hydroxyl groups excluding tert-OH is 1. The van der Waals surface area contributed by atoms with Crippen molar-refractivity contribution in [3.8, 4) is 28.3 Å². The van der Waals surface area contributed by atoms with E-state index in [0.29, 0.717) is 40.5 Å². The molecular formula is C26H20BrClN4O3. The van der Waals surface area contributed by atoms with Crippen LogP contribution in [0.25, 0.3) is 39.0 Å². The number of anilines is 1. The molecule has 0 aliphatic heterocycles. The molecule has 0 aliphatic rings. The van der Waals surface area contributed by atoms with Crippen LogP contribution in [-0.4, -0.2) is 33.0 Å². The van der Waals surface area contributed by atoms with Crippen LogP contribution >= 0.6 is 27.5 Å². The lowest BCUT2D eigenvalue weighted by Gasteiger charge is -2.15. The van der Waals surface area contributed by atoms with Gasteiger partial charge in [-0.1, -0.05) is 45.7 Å². The van der Waals surface area contributed by atoms with Gasteiger partial charge >= 0.3 is 0 Å². The van der Waals surface area contributed by atoms with Gasteiger partial charge in [-0.15, -0.1) is 0 Å². The Morgan fingerprint density at radius 1 is 1.06 bits per heavy atom. The molecule has 3 aromatic carbocycles.